The van der Waals surface area contributed by atoms with Crippen molar-refractivity contribution in [2.24, 2.45) is 0 Å². The molecule has 2 nitrogen and oxygen atoms in total. The predicted molar refractivity (Wildman–Crippen MR) is 98.2 cm³/mol. The second-order valence-corrected chi connectivity index (χ2v) is 6.76. The van der Waals surface area contributed by atoms with Gasteiger partial charge in [-0.05, 0) is 61.0 Å². The second kappa shape index (κ2) is 6.12. The number of aromatic nitrogens is 1. The fourth-order valence-electron chi connectivity index (χ4n) is 3.63. The summed E-state index contributed by atoms with van der Waals surface area (Å²) in [6.45, 7) is 3.85. The van der Waals surface area contributed by atoms with Gasteiger partial charge in [0.05, 0.1) is 5.52 Å². The van der Waals surface area contributed by atoms with Crippen LogP contribution in [0.25, 0.3) is 22.7 Å². The number of rotatable bonds is 2. The molecule has 0 aliphatic carbocycles. The standard InChI is InChI=1S/C21H20F2N2/c1-14(15-3-5-16(22)6-4-15)12-25-20-9-10-24(2)13-19(20)18-8-7-17(23)11-21(18)25/h3-8,11-12H,9-10,13H2,1-2H3. The average molecular weight is 338 g/mol. The molecule has 4 rings (SSSR count). The topological polar surface area (TPSA) is 8.17 Å². The third-order valence-electron chi connectivity index (χ3n) is 4.96. The maximum Gasteiger partial charge on any atom is 0.125 e. The first-order valence-corrected chi connectivity index (χ1v) is 8.47. The molecule has 0 amide bonds. The minimum Gasteiger partial charge on any atom is -0.320 e. The highest BCUT2D eigenvalue weighted by Crippen LogP contribution is 2.32. The van der Waals surface area contributed by atoms with E-state index in [2.05, 4.69) is 16.5 Å². The summed E-state index contributed by atoms with van der Waals surface area (Å²) in [5.74, 6) is -0.477. The summed E-state index contributed by atoms with van der Waals surface area (Å²) in [4.78, 5) is 2.28. The summed E-state index contributed by atoms with van der Waals surface area (Å²) < 4.78 is 29.2. The van der Waals surface area contributed by atoms with Gasteiger partial charge in [-0.1, -0.05) is 12.1 Å². The zero-order chi connectivity index (χ0) is 17.6. The molecule has 0 N–H and O–H groups in total. The summed E-state index contributed by atoms with van der Waals surface area (Å²) in [5.41, 5.74) is 5.37. The van der Waals surface area contributed by atoms with Crippen LogP contribution < -0.4 is 0 Å². The van der Waals surface area contributed by atoms with Crippen molar-refractivity contribution in [3.05, 3.63) is 70.9 Å². The number of benzene rings is 2. The summed E-state index contributed by atoms with van der Waals surface area (Å²) >= 11 is 0. The van der Waals surface area contributed by atoms with Gasteiger partial charge in [0.25, 0.3) is 0 Å². The van der Waals surface area contributed by atoms with Gasteiger partial charge in [0, 0.05) is 36.8 Å². The van der Waals surface area contributed by atoms with Crippen LogP contribution in [0.3, 0.4) is 0 Å². The van der Waals surface area contributed by atoms with Crippen LogP contribution in [0.1, 0.15) is 23.7 Å². The molecule has 1 aliphatic heterocycles. The monoisotopic (exact) mass is 338 g/mol. The molecule has 1 aromatic heterocycles. The summed E-state index contributed by atoms with van der Waals surface area (Å²) in [7, 11) is 2.11. The van der Waals surface area contributed by atoms with Crippen molar-refractivity contribution in [3.8, 4) is 0 Å². The molecule has 25 heavy (non-hydrogen) atoms. The fraction of sp³-hybridized carbons (Fsp3) is 0.238. The molecule has 2 aromatic carbocycles. The second-order valence-electron chi connectivity index (χ2n) is 6.76. The number of allylic oxidation sites excluding steroid dienone is 1. The Hall–Kier alpha value is -2.46. The number of halogens is 2. The first-order chi connectivity index (χ1) is 12.0. The van der Waals surface area contributed by atoms with Crippen LogP contribution in [-0.2, 0) is 13.0 Å². The highest BCUT2D eigenvalue weighted by Gasteiger charge is 2.22. The van der Waals surface area contributed by atoms with Gasteiger partial charge in [-0.15, -0.1) is 0 Å². The Morgan fingerprint density at radius 3 is 2.52 bits per heavy atom. The Morgan fingerprint density at radius 1 is 1.04 bits per heavy atom. The molecular weight excluding hydrogens is 318 g/mol. The lowest BCUT2D eigenvalue weighted by molar-refractivity contribution is 0.312. The van der Waals surface area contributed by atoms with E-state index in [-0.39, 0.29) is 11.6 Å². The van der Waals surface area contributed by atoms with E-state index in [4.69, 9.17) is 0 Å². The molecule has 128 valence electrons. The Bertz CT molecular complexity index is 968. The van der Waals surface area contributed by atoms with Crippen LogP contribution in [0.2, 0.25) is 0 Å². The van der Waals surface area contributed by atoms with E-state index in [1.54, 1.807) is 18.2 Å². The quantitative estimate of drug-likeness (QED) is 0.643. The molecule has 4 heteroatoms. The normalized spacial score (nSPS) is 15.6. The van der Waals surface area contributed by atoms with Crippen LogP contribution in [0.4, 0.5) is 8.78 Å². The first kappa shape index (κ1) is 16.0. The van der Waals surface area contributed by atoms with E-state index in [0.29, 0.717) is 0 Å². The minimum atomic E-state index is -0.245. The highest BCUT2D eigenvalue weighted by atomic mass is 19.1. The Labute approximate surface area is 146 Å². The molecule has 0 unspecified atom stereocenters. The Morgan fingerprint density at radius 2 is 1.76 bits per heavy atom. The molecule has 2 heterocycles. The van der Waals surface area contributed by atoms with Crippen LogP contribution in [-0.4, -0.2) is 23.1 Å². The molecule has 0 bridgehead atoms. The van der Waals surface area contributed by atoms with Crippen molar-refractivity contribution in [1.29, 1.82) is 0 Å². The highest BCUT2D eigenvalue weighted by molar-refractivity contribution is 5.90. The van der Waals surface area contributed by atoms with Crippen LogP contribution in [0.5, 0.6) is 0 Å². The van der Waals surface area contributed by atoms with Gasteiger partial charge in [-0.3, -0.25) is 0 Å². The zero-order valence-electron chi connectivity index (χ0n) is 14.4. The molecule has 0 spiro atoms. The minimum absolute atomic E-state index is 0.232. The van der Waals surface area contributed by atoms with Crippen LogP contribution in [0, 0.1) is 11.6 Å². The molecule has 0 saturated carbocycles. The van der Waals surface area contributed by atoms with Crippen molar-refractivity contribution >= 4 is 22.7 Å². The predicted octanol–water partition coefficient (Wildman–Crippen LogP) is 4.93. The Kier molecular flexibility index (Phi) is 3.92. The van der Waals surface area contributed by atoms with Gasteiger partial charge in [0.2, 0.25) is 0 Å². The van der Waals surface area contributed by atoms with Crippen molar-refractivity contribution in [1.82, 2.24) is 9.47 Å². The van der Waals surface area contributed by atoms with Crippen molar-refractivity contribution in [2.75, 3.05) is 13.6 Å². The maximum absolute atomic E-state index is 13.9. The summed E-state index contributed by atoms with van der Waals surface area (Å²) in [5, 5.41) is 1.10. The lowest BCUT2D eigenvalue weighted by Gasteiger charge is -2.23. The number of hydrogen-bond acceptors (Lipinski definition) is 1. The van der Waals surface area contributed by atoms with Gasteiger partial charge < -0.3 is 9.47 Å². The van der Waals surface area contributed by atoms with Crippen molar-refractivity contribution < 1.29 is 8.78 Å². The lowest BCUT2D eigenvalue weighted by atomic mass is 10.0. The smallest absolute Gasteiger partial charge is 0.125 e. The van der Waals surface area contributed by atoms with E-state index in [1.807, 2.05) is 19.2 Å². The third-order valence-corrected chi connectivity index (χ3v) is 4.96. The summed E-state index contributed by atoms with van der Waals surface area (Å²) in [6, 6.07) is 11.5. The van der Waals surface area contributed by atoms with E-state index in [9.17, 15) is 8.78 Å². The van der Waals surface area contributed by atoms with E-state index in [1.165, 1.54) is 29.5 Å². The average Bonchev–Trinajstić information content (AvgIpc) is 2.88. The number of nitrogens with zero attached hydrogens (tertiary/aromatic N) is 2. The largest absolute Gasteiger partial charge is 0.320 e. The summed E-state index contributed by atoms with van der Waals surface area (Å²) in [6.07, 6.45) is 2.97. The van der Waals surface area contributed by atoms with Crippen molar-refractivity contribution in [3.63, 3.8) is 0 Å². The van der Waals surface area contributed by atoms with Gasteiger partial charge >= 0.3 is 0 Å². The SMILES string of the molecule is CC(=Cn1c2c(c3ccc(F)cc31)CN(C)CC2)c1ccc(F)cc1. The Balaban J connectivity index is 1.90. The molecule has 0 radical (unpaired) electrons. The third kappa shape index (κ3) is 2.87. The maximum atomic E-state index is 13.9. The molecule has 0 fully saturated rings. The van der Waals surface area contributed by atoms with Crippen molar-refractivity contribution in [2.45, 2.75) is 19.9 Å². The number of fused-ring (bicyclic) bond motifs is 3. The number of likely N-dealkylation sites (N-methyl/N-ethyl adjacent to an activating group) is 1. The molecular formula is C21H20F2N2. The van der Waals surface area contributed by atoms with E-state index in [0.717, 1.165) is 41.5 Å². The van der Waals surface area contributed by atoms with Gasteiger partial charge in [0.1, 0.15) is 11.6 Å². The molecule has 0 saturated heterocycles. The zero-order valence-corrected chi connectivity index (χ0v) is 14.4. The molecule has 0 atom stereocenters. The van der Waals surface area contributed by atoms with E-state index < -0.39 is 0 Å². The van der Waals surface area contributed by atoms with Gasteiger partial charge in [0.15, 0.2) is 0 Å². The molecule has 3 aromatic rings. The van der Waals surface area contributed by atoms with Gasteiger partial charge in [-0.25, -0.2) is 8.78 Å². The van der Waals surface area contributed by atoms with Crippen LogP contribution >= 0.6 is 0 Å². The van der Waals surface area contributed by atoms with E-state index >= 15 is 0 Å². The van der Waals surface area contributed by atoms with Crippen LogP contribution in [0.15, 0.2) is 42.5 Å². The fourth-order valence-corrected chi connectivity index (χ4v) is 3.63. The lowest BCUT2D eigenvalue weighted by Crippen LogP contribution is -2.26. The van der Waals surface area contributed by atoms with Gasteiger partial charge in [-0.2, -0.15) is 0 Å². The first-order valence-electron chi connectivity index (χ1n) is 8.47. The molecule has 1 aliphatic rings. The number of hydrogen-bond donors (Lipinski definition) is 0.